The van der Waals surface area contributed by atoms with Crippen LogP contribution < -0.4 is 6.15 Å². The Labute approximate surface area is 73.4 Å². The van der Waals surface area contributed by atoms with Crippen molar-refractivity contribution in [3.63, 3.8) is 0 Å². The minimum Gasteiger partial charge on any atom is -0.344 e. The molecule has 0 saturated carbocycles. The maximum atomic E-state index is 12.2. The van der Waals surface area contributed by atoms with Crippen molar-refractivity contribution in [3.8, 4) is 0 Å². The minimum atomic E-state index is -0.163. The van der Waals surface area contributed by atoms with Crippen molar-refractivity contribution in [1.82, 2.24) is 6.15 Å². The van der Waals surface area contributed by atoms with Crippen molar-refractivity contribution in [2.24, 2.45) is 0 Å². The topological polar surface area (TPSA) is 35.0 Å². The first-order valence-corrected chi connectivity index (χ1v) is 4.16. The molecule has 3 heteroatoms. The van der Waals surface area contributed by atoms with Gasteiger partial charge in [-0.05, 0) is 17.7 Å². The second-order valence-corrected chi connectivity index (χ2v) is 2.52. The van der Waals surface area contributed by atoms with Crippen molar-refractivity contribution in [2.45, 2.75) is 4.43 Å². The quantitative estimate of drug-likeness (QED) is 0.606. The molecule has 1 nitrogen and oxygen atoms in total. The molecule has 0 amide bonds. The molecular weight excluding hydrogens is 244 g/mol. The van der Waals surface area contributed by atoms with E-state index >= 15 is 0 Å². The van der Waals surface area contributed by atoms with Gasteiger partial charge < -0.3 is 6.15 Å². The van der Waals surface area contributed by atoms with E-state index in [1.807, 2.05) is 0 Å². The van der Waals surface area contributed by atoms with Gasteiger partial charge in [-0.3, -0.25) is 0 Å². The molecule has 0 spiro atoms. The average Bonchev–Trinajstić information content (AvgIpc) is 1.90. The van der Waals surface area contributed by atoms with E-state index in [0.29, 0.717) is 0 Å². The van der Waals surface area contributed by atoms with E-state index in [0.717, 1.165) is 9.99 Å². The van der Waals surface area contributed by atoms with Gasteiger partial charge in [0.2, 0.25) is 0 Å². The summed E-state index contributed by atoms with van der Waals surface area (Å²) in [7, 11) is 0. The molecule has 1 aromatic carbocycles. The van der Waals surface area contributed by atoms with Gasteiger partial charge in [-0.2, -0.15) is 0 Å². The molecule has 1 aromatic rings. The number of rotatable bonds is 1. The highest BCUT2D eigenvalue weighted by Crippen LogP contribution is 2.06. The number of hydrogen-bond donors (Lipinski definition) is 1. The smallest absolute Gasteiger partial charge is 0.123 e. The fraction of sp³-hybridized carbons (Fsp3) is 0.143. The van der Waals surface area contributed by atoms with Crippen LogP contribution in [0, 0.1) is 5.82 Å². The molecule has 0 bridgehead atoms. The van der Waals surface area contributed by atoms with Gasteiger partial charge >= 0.3 is 0 Å². The van der Waals surface area contributed by atoms with Crippen LogP contribution in [0.1, 0.15) is 5.56 Å². The van der Waals surface area contributed by atoms with E-state index in [2.05, 4.69) is 22.6 Å². The molecule has 0 aromatic heterocycles. The summed E-state index contributed by atoms with van der Waals surface area (Å²) in [5.74, 6) is -0.163. The van der Waals surface area contributed by atoms with Crippen molar-refractivity contribution < 1.29 is 4.39 Å². The molecule has 0 unspecified atom stereocenters. The summed E-state index contributed by atoms with van der Waals surface area (Å²) in [4.78, 5) is 0. The largest absolute Gasteiger partial charge is 0.344 e. The van der Waals surface area contributed by atoms with Gasteiger partial charge in [0.25, 0.3) is 0 Å². The Balaban J connectivity index is 0.000000810. The normalized spacial score (nSPS) is 8.60. The number of hydrogen-bond acceptors (Lipinski definition) is 1. The van der Waals surface area contributed by atoms with E-state index in [9.17, 15) is 4.39 Å². The molecule has 0 saturated heterocycles. The van der Waals surface area contributed by atoms with E-state index in [1.54, 1.807) is 12.1 Å². The fourth-order valence-corrected chi connectivity index (χ4v) is 1.08. The molecule has 0 aliphatic carbocycles. The molecule has 3 N–H and O–H groups in total. The third-order valence-corrected chi connectivity index (χ3v) is 1.95. The van der Waals surface area contributed by atoms with Crippen LogP contribution in [0.5, 0.6) is 0 Å². The first kappa shape index (κ1) is 9.84. The summed E-state index contributed by atoms with van der Waals surface area (Å²) in [6.07, 6.45) is 0. The summed E-state index contributed by atoms with van der Waals surface area (Å²) in [6.45, 7) is 0. The number of halogens is 2. The highest BCUT2D eigenvalue weighted by molar-refractivity contribution is 14.1. The van der Waals surface area contributed by atoms with Crippen LogP contribution in [0.25, 0.3) is 0 Å². The summed E-state index contributed by atoms with van der Waals surface area (Å²) in [6, 6.07) is 6.55. The molecular formula is C7H9FIN. The highest BCUT2D eigenvalue weighted by Gasteiger charge is 1.88. The van der Waals surface area contributed by atoms with Crippen molar-refractivity contribution in [1.29, 1.82) is 0 Å². The molecule has 10 heavy (non-hydrogen) atoms. The molecule has 0 fully saturated rings. The molecule has 0 aliphatic heterocycles. The van der Waals surface area contributed by atoms with Crippen LogP contribution in [0.15, 0.2) is 24.3 Å². The monoisotopic (exact) mass is 253 g/mol. The Hall–Kier alpha value is -0.160. The second-order valence-electron chi connectivity index (χ2n) is 1.76. The maximum absolute atomic E-state index is 12.2. The van der Waals surface area contributed by atoms with Gasteiger partial charge in [-0.1, -0.05) is 34.7 Å². The SMILES string of the molecule is Fc1ccc(CI)cc1.N. The molecule has 0 radical (unpaired) electrons. The van der Waals surface area contributed by atoms with Gasteiger partial charge in [0, 0.05) is 4.43 Å². The summed E-state index contributed by atoms with van der Waals surface area (Å²) in [5.41, 5.74) is 1.16. The molecule has 0 atom stereocenters. The first-order valence-electron chi connectivity index (χ1n) is 2.63. The predicted octanol–water partition coefficient (Wildman–Crippen LogP) is 2.92. The molecule has 0 heterocycles. The van der Waals surface area contributed by atoms with Crippen molar-refractivity contribution in [3.05, 3.63) is 35.6 Å². The lowest BCUT2D eigenvalue weighted by Gasteiger charge is -1.91. The summed E-state index contributed by atoms with van der Waals surface area (Å²) in [5, 5.41) is 0. The Kier molecular flexibility index (Phi) is 4.55. The Morgan fingerprint density at radius 3 is 2.10 bits per heavy atom. The lowest BCUT2D eigenvalue weighted by Crippen LogP contribution is -1.76. The minimum absolute atomic E-state index is 0. The van der Waals surface area contributed by atoms with Crippen LogP contribution >= 0.6 is 22.6 Å². The number of benzene rings is 1. The van der Waals surface area contributed by atoms with E-state index in [-0.39, 0.29) is 12.0 Å². The number of alkyl halides is 1. The zero-order valence-corrected chi connectivity index (χ0v) is 7.64. The van der Waals surface area contributed by atoms with Crippen LogP contribution in [-0.2, 0) is 4.43 Å². The van der Waals surface area contributed by atoms with Gasteiger partial charge in [0.15, 0.2) is 0 Å². The predicted molar refractivity (Wildman–Crippen MR) is 49.1 cm³/mol. The first-order chi connectivity index (χ1) is 4.33. The Bertz CT molecular complexity index is 185. The second kappa shape index (κ2) is 4.62. The van der Waals surface area contributed by atoms with Gasteiger partial charge in [0.05, 0.1) is 0 Å². The Morgan fingerprint density at radius 1 is 1.20 bits per heavy atom. The van der Waals surface area contributed by atoms with Crippen LogP contribution in [-0.4, -0.2) is 0 Å². The fourth-order valence-electron chi connectivity index (χ4n) is 0.573. The van der Waals surface area contributed by atoms with Gasteiger partial charge in [0.1, 0.15) is 5.82 Å². The van der Waals surface area contributed by atoms with Crippen molar-refractivity contribution >= 4 is 22.6 Å². The zero-order chi connectivity index (χ0) is 6.69. The highest BCUT2D eigenvalue weighted by atomic mass is 127. The molecule has 0 aliphatic rings. The van der Waals surface area contributed by atoms with Crippen molar-refractivity contribution in [2.75, 3.05) is 0 Å². The van der Waals surface area contributed by atoms with E-state index in [1.165, 1.54) is 12.1 Å². The summed E-state index contributed by atoms with van der Waals surface area (Å²) >= 11 is 2.24. The van der Waals surface area contributed by atoms with Crippen LogP contribution in [0.3, 0.4) is 0 Å². The molecule has 1 rings (SSSR count). The van der Waals surface area contributed by atoms with Gasteiger partial charge in [-0.15, -0.1) is 0 Å². The Morgan fingerprint density at radius 2 is 1.70 bits per heavy atom. The van der Waals surface area contributed by atoms with Gasteiger partial charge in [-0.25, -0.2) is 4.39 Å². The lowest BCUT2D eigenvalue weighted by atomic mass is 10.2. The summed E-state index contributed by atoms with van der Waals surface area (Å²) < 4.78 is 13.2. The third kappa shape index (κ3) is 2.62. The van der Waals surface area contributed by atoms with Crippen LogP contribution in [0.2, 0.25) is 0 Å². The molecule has 56 valence electrons. The third-order valence-electron chi connectivity index (χ3n) is 1.07. The van der Waals surface area contributed by atoms with E-state index < -0.39 is 0 Å². The standard InChI is InChI=1S/C7H6FI.H3N/c8-7-3-1-6(5-9)2-4-7;/h1-4H,5H2;1H3. The van der Waals surface area contributed by atoms with E-state index in [4.69, 9.17) is 0 Å². The maximum Gasteiger partial charge on any atom is 0.123 e. The average molecular weight is 253 g/mol. The zero-order valence-electron chi connectivity index (χ0n) is 5.48. The lowest BCUT2D eigenvalue weighted by molar-refractivity contribution is 0.627. The van der Waals surface area contributed by atoms with Crippen LogP contribution in [0.4, 0.5) is 4.39 Å².